The normalized spacial score (nSPS) is 10.8. The van der Waals surface area contributed by atoms with E-state index in [1.54, 1.807) is 6.07 Å². The first-order valence-electron chi connectivity index (χ1n) is 7.92. The van der Waals surface area contributed by atoms with Gasteiger partial charge in [0.15, 0.2) is 0 Å². The number of fused-ring (bicyclic) bond motifs is 1. The van der Waals surface area contributed by atoms with Gasteiger partial charge in [-0.3, -0.25) is 19.8 Å². The number of aromatic nitrogens is 2. The highest BCUT2D eigenvalue weighted by Crippen LogP contribution is 2.21. The number of rotatable bonds is 5. The number of hydrogen-bond donors (Lipinski definition) is 2. The number of thiophene rings is 1. The standard InChI is InChI=1S/C17H14Cl2N4O3S/c1-2-10-6-12-16(27-10)21-8-23(17(12)26)22-14(24)7-20-15(25)11-4-3-9(18)5-13(11)19/h3-6,8H,2,7H2,1H3,(H,20,25)(H,22,24). The molecule has 0 atom stereocenters. The Hall–Kier alpha value is -2.42. The van der Waals surface area contributed by atoms with Crippen LogP contribution in [0.2, 0.25) is 10.0 Å². The summed E-state index contributed by atoms with van der Waals surface area (Å²) in [6.45, 7) is 1.65. The van der Waals surface area contributed by atoms with Crippen LogP contribution in [0.3, 0.4) is 0 Å². The van der Waals surface area contributed by atoms with E-state index in [4.69, 9.17) is 23.2 Å². The van der Waals surface area contributed by atoms with Crippen molar-refractivity contribution in [2.24, 2.45) is 0 Å². The molecule has 0 unspecified atom stereocenters. The lowest BCUT2D eigenvalue weighted by atomic mass is 10.2. The average Bonchev–Trinajstić information content (AvgIpc) is 3.06. The lowest BCUT2D eigenvalue weighted by molar-refractivity contribution is -0.116. The molecule has 0 fully saturated rings. The second-order valence-corrected chi connectivity index (χ2v) is 7.51. The van der Waals surface area contributed by atoms with Gasteiger partial charge in [-0.15, -0.1) is 11.3 Å². The zero-order valence-electron chi connectivity index (χ0n) is 14.1. The number of aryl methyl sites for hydroxylation is 1. The SMILES string of the molecule is CCc1cc2c(=O)n(NC(=O)CNC(=O)c3ccc(Cl)cc3Cl)cnc2s1. The predicted molar refractivity (Wildman–Crippen MR) is 106 cm³/mol. The van der Waals surface area contributed by atoms with Crippen LogP contribution in [-0.2, 0) is 11.2 Å². The van der Waals surface area contributed by atoms with Gasteiger partial charge in [-0.05, 0) is 30.7 Å². The molecule has 3 rings (SSSR count). The van der Waals surface area contributed by atoms with Crippen LogP contribution in [0.4, 0.5) is 0 Å². The summed E-state index contributed by atoms with van der Waals surface area (Å²) in [6.07, 6.45) is 2.04. The minimum Gasteiger partial charge on any atom is -0.343 e. The van der Waals surface area contributed by atoms with E-state index in [2.05, 4.69) is 15.7 Å². The maximum atomic E-state index is 12.4. The van der Waals surface area contributed by atoms with E-state index in [1.165, 1.54) is 35.9 Å². The number of carbonyl (C=O) groups is 2. The number of halogens is 2. The lowest BCUT2D eigenvalue weighted by Crippen LogP contribution is -2.39. The van der Waals surface area contributed by atoms with Crippen LogP contribution in [0.25, 0.3) is 10.2 Å². The Kier molecular flexibility index (Phi) is 5.79. The van der Waals surface area contributed by atoms with E-state index in [9.17, 15) is 14.4 Å². The van der Waals surface area contributed by atoms with Crippen LogP contribution < -0.4 is 16.3 Å². The highest BCUT2D eigenvalue weighted by atomic mass is 35.5. The fourth-order valence-corrected chi connectivity index (χ4v) is 3.75. The van der Waals surface area contributed by atoms with Crippen LogP contribution >= 0.6 is 34.5 Å². The maximum absolute atomic E-state index is 12.4. The Morgan fingerprint density at radius 3 is 2.74 bits per heavy atom. The Balaban J connectivity index is 1.67. The molecule has 0 aliphatic rings. The summed E-state index contributed by atoms with van der Waals surface area (Å²) in [7, 11) is 0. The topological polar surface area (TPSA) is 93.1 Å². The van der Waals surface area contributed by atoms with E-state index >= 15 is 0 Å². The summed E-state index contributed by atoms with van der Waals surface area (Å²) in [4.78, 5) is 42.4. The third-order valence-corrected chi connectivity index (χ3v) is 5.42. The van der Waals surface area contributed by atoms with Crippen molar-refractivity contribution in [2.45, 2.75) is 13.3 Å². The minimum absolute atomic E-state index is 0.176. The van der Waals surface area contributed by atoms with Gasteiger partial charge in [0.05, 0.1) is 22.5 Å². The van der Waals surface area contributed by atoms with Gasteiger partial charge in [0, 0.05) is 9.90 Å². The molecule has 2 heterocycles. The number of benzene rings is 1. The molecule has 1 aromatic carbocycles. The zero-order chi connectivity index (χ0) is 19.6. The largest absolute Gasteiger partial charge is 0.343 e. The smallest absolute Gasteiger partial charge is 0.280 e. The first-order chi connectivity index (χ1) is 12.9. The van der Waals surface area contributed by atoms with E-state index in [0.29, 0.717) is 15.2 Å². The van der Waals surface area contributed by atoms with Crippen molar-refractivity contribution in [1.29, 1.82) is 0 Å². The third kappa shape index (κ3) is 4.29. The molecule has 0 bridgehead atoms. The molecule has 0 saturated carbocycles. The molecule has 27 heavy (non-hydrogen) atoms. The first kappa shape index (κ1) is 19.3. The Bertz CT molecular complexity index is 1090. The monoisotopic (exact) mass is 424 g/mol. The maximum Gasteiger partial charge on any atom is 0.280 e. The molecule has 140 valence electrons. The van der Waals surface area contributed by atoms with Gasteiger partial charge in [0.2, 0.25) is 0 Å². The van der Waals surface area contributed by atoms with Crippen molar-refractivity contribution in [2.75, 3.05) is 12.0 Å². The summed E-state index contributed by atoms with van der Waals surface area (Å²) >= 11 is 13.2. The molecule has 0 aliphatic heterocycles. The second kappa shape index (κ2) is 8.08. The van der Waals surface area contributed by atoms with Gasteiger partial charge < -0.3 is 5.32 Å². The number of hydrogen-bond acceptors (Lipinski definition) is 5. The van der Waals surface area contributed by atoms with Gasteiger partial charge in [-0.25, -0.2) is 9.66 Å². The predicted octanol–water partition coefficient (Wildman–Crippen LogP) is 2.83. The van der Waals surface area contributed by atoms with E-state index in [-0.39, 0.29) is 22.7 Å². The van der Waals surface area contributed by atoms with Crippen molar-refractivity contribution >= 4 is 56.6 Å². The van der Waals surface area contributed by atoms with Crippen molar-refractivity contribution in [3.05, 3.63) is 61.4 Å². The molecular formula is C17H14Cl2N4O3S. The third-order valence-electron chi connectivity index (χ3n) is 3.68. The molecule has 0 radical (unpaired) electrons. The molecule has 0 saturated heterocycles. The second-order valence-electron chi connectivity index (χ2n) is 5.55. The number of nitrogens with one attached hydrogen (secondary N) is 2. The molecule has 2 N–H and O–H groups in total. The number of carbonyl (C=O) groups excluding carboxylic acids is 2. The van der Waals surface area contributed by atoms with Crippen molar-refractivity contribution in [3.63, 3.8) is 0 Å². The van der Waals surface area contributed by atoms with Gasteiger partial charge in [0.25, 0.3) is 17.4 Å². The molecule has 0 spiro atoms. The van der Waals surface area contributed by atoms with E-state index < -0.39 is 11.8 Å². The van der Waals surface area contributed by atoms with E-state index in [0.717, 1.165) is 16.0 Å². The molecule has 0 aliphatic carbocycles. The molecule has 2 amide bonds. The average molecular weight is 425 g/mol. The summed E-state index contributed by atoms with van der Waals surface area (Å²) in [5.74, 6) is -1.11. The van der Waals surface area contributed by atoms with Crippen molar-refractivity contribution in [3.8, 4) is 0 Å². The van der Waals surface area contributed by atoms with Crippen LogP contribution in [0, 0.1) is 0 Å². The van der Waals surface area contributed by atoms with Crippen molar-refractivity contribution in [1.82, 2.24) is 15.0 Å². The molecule has 2 aromatic heterocycles. The van der Waals surface area contributed by atoms with Crippen LogP contribution in [0.15, 0.2) is 35.4 Å². The van der Waals surface area contributed by atoms with Gasteiger partial charge in [0.1, 0.15) is 11.2 Å². The summed E-state index contributed by atoms with van der Waals surface area (Å²) < 4.78 is 0.998. The highest BCUT2D eigenvalue weighted by Gasteiger charge is 2.13. The Morgan fingerprint density at radius 2 is 2.04 bits per heavy atom. The Labute approximate surface area is 167 Å². The number of nitrogens with zero attached hydrogens (tertiary/aromatic N) is 2. The van der Waals surface area contributed by atoms with Crippen LogP contribution in [-0.4, -0.2) is 28.0 Å². The van der Waals surface area contributed by atoms with Crippen molar-refractivity contribution < 1.29 is 9.59 Å². The van der Waals surface area contributed by atoms with Gasteiger partial charge in [-0.1, -0.05) is 30.1 Å². The molecule has 3 aromatic rings. The lowest BCUT2D eigenvalue weighted by Gasteiger charge is -2.09. The van der Waals surface area contributed by atoms with Gasteiger partial charge in [-0.2, -0.15) is 0 Å². The summed E-state index contributed by atoms with van der Waals surface area (Å²) in [5.41, 5.74) is 2.21. The summed E-state index contributed by atoms with van der Waals surface area (Å²) in [6, 6.07) is 6.18. The van der Waals surface area contributed by atoms with Crippen LogP contribution in [0.1, 0.15) is 22.2 Å². The molecular weight excluding hydrogens is 411 g/mol. The highest BCUT2D eigenvalue weighted by molar-refractivity contribution is 7.18. The fourth-order valence-electron chi connectivity index (χ4n) is 2.33. The molecule has 7 nitrogen and oxygen atoms in total. The fraction of sp³-hybridized carbons (Fsp3) is 0.176. The van der Waals surface area contributed by atoms with E-state index in [1.807, 2.05) is 6.92 Å². The minimum atomic E-state index is -0.581. The Morgan fingerprint density at radius 1 is 1.26 bits per heavy atom. The molecule has 10 heteroatoms. The number of amides is 2. The van der Waals surface area contributed by atoms with Gasteiger partial charge >= 0.3 is 0 Å². The quantitative estimate of drug-likeness (QED) is 0.658. The first-order valence-corrected chi connectivity index (χ1v) is 9.49. The van der Waals surface area contributed by atoms with Crippen LogP contribution in [0.5, 0.6) is 0 Å². The zero-order valence-corrected chi connectivity index (χ0v) is 16.4. The summed E-state index contributed by atoms with van der Waals surface area (Å²) in [5, 5.41) is 3.45.